The van der Waals surface area contributed by atoms with Crippen LogP contribution in [0.3, 0.4) is 0 Å². The molecule has 0 saturated heterocycles. The van der Waals surface area contributed by atoms with Crippen molar-refractivity contribution in [2.24, 2.45) is 5.84 Å². The molecule has 2 rings (SSSR count). The van der Waals surface area contributed by atoms with Crippen molar-refractivity contribution in [3.63, 3.8) is 0 Å². The van der Waals surface area contributed by atoms with Gasteiger partial charge in [-0.3, -0.25) is 10.5 Å². The summed E-state index contributed by atoms with van der Waals surface area (Å²) in [4.78, 5) is 3.02. The number of hydrogen-bond acceptors (Lipinski definition) is 5. The number of halogens is 2. The van der Waals surface area contributed by atoms with Crippen LogP contribution in [-0.4, -0.2) is 35.3 Å². The summed E-state index contributed by atoms with van der Waals surface area (Å²) >= 11 is 14.0. The van der Waals surface area contributed by atoms with Crippen LogP contribution in [0.15, 0.2) is 17.6 Å². The van der Waals surface area contributed by atoms with Crippen LogP contribution in [0.2, 0.25) is 10.0 Å². The first kappa shape index (κ1) is 15.8. The average molecular weight is 334 g/mol. The van der Waals surface area contributed by atoms with Gasteiger partial charge in [0.05, 0.1) is 34.5 Å². The van der Waals surface area contributed by atoms with Crippen molar-refractivity contribution in [1.82, 2.24) is 20.1 Å². The Bertz CT molecular complexity index is 566. The predicted octanol–water partition coefficient (Wildman–Crippen LogP) is 2.37. The zero-order valence-corrected chi connectivity index (χ0v) is 13.6. The molecular weight excluding hydrogens is 317 g/mol. The molecule has 1 unspecified atom stereocenters. The molecule has 0 aliphatic heterocycles. The fourth-order valence-corrected chi connectivity index (χ4v) is 3.40. The number of nitrogens with zero attached hydrogens (tertiary/aromatic N) is 3. The minimum atomic E-state index is -0.264. The lowest BCUT2D eigenvalue weighted by Gasteiger charge is -2.19. The lowest BCUT2D eigenvalue weighted by molar-refractivity contribution is 0.366. The molecule has 0 aromatic carbocycles. The van der Waals surface area contributed by atoms with Crippen molar-refractivity contribution in [1.29, 1.82) is 0 Å². The number of aromatic nitrogens is 2. The fourth-order valence-electron chi connectivity index (χ4n) is 1.92. The van der Waals surface area contributed by atoms with Crippen molar-refractivity contribution >= 4 is 34.5 Å². The quantitative estimate of drug-likeness (QED) is 0.629. The molecule has 3 N–H and O–H groups in total. The van der Waals surface area contributed by atoms with Gasteiger partial charge < -0.3 is 4.90 Å². The molecule has 0 bridgehead atoms. The van der Waals surface area contributed by atoms with Crippen molar-refractivity contribution in [2.45, 2.75) is 12.6 Å². The normalized spacial score (nSPS) is 13.1. The van der Waals surface area contributed by atoms with Crippen molar-refractivity contribution in [3.05, 3.63) is 38.3 Å². The van der Waals surface area contributed by atoms with E-state index < -0.39 is 0 Å². The van der Waals surface area contributed by atoms with E-state index >= 15 is 0 Å². The van der Waals surface area contributed by atoms with E-state index in [1.807, 2.05) is 30.2 Å². The first-order valence-electron chi connectivity index (χ1n) is 6.09. The highest BCUT2D eigenvalue weighted by atomic mass is 35.5. The predicted molar refractivity (Wildman–Crippen MR) is 84.3 cm³/mol. The van der Waals surface area contributed by atoms with Crippen LogP contribution < -0.4 is 11.3 Å². The number of rotatable bonds is 6. The van der Waals surface area contributed by atoms with Gasteiger partial charge in [0.15, 0.2) is 0 Å². The van der Waals surface area contributed by atoms with Gasteiger partial charge in [-0.25, -0.2) is 5.43 Å². The third-order valence-corrected chi connectivity index (χ3v) is 4.65. The molecule has 0 saturated carbocycles. The fraction of sp³-hybridized carbons (Fsp3) is 0.417. The number of hydrazine groups is 1. The largest absolute Gasteiger partial charge is 0.308 e. The van der Waals surface area contributed by atoms with E-state index in [0.29, 0.717) is 10.0 Å². The molecule has 20 heavy (non-hydrogen) atoms. The smallest absolute Gasteiger partial charge is 0.1000 e. The van der Waals surface area contributed by atoms with Crippen LogP contribution in [0.4, 0.5) is 0 Å². The van der Waals surface area contributed by atoms with Crippen LogP contribution in [0, 0.1) is 0 Å². The number of likely N-dealkylation sites (N-methyl/N-ethyl adjacent to an activating group) is 1. The van der Waals surface area contributed by atoms with E-state index in [2.05, 4.69) is 15.4 Å². The Morgan fingerprint density at radius 1 is 1.45 bits per heavy atom. The Balaban J connectivity index is 2.34. The van der Waals surface area contributed by atoms with Crippen LogP contribution in [0.1, 0.15) is 16.6 Å². The Labute approximate surface area is 132 Å². The van der Waals surface area contributed by atoms with Gasteiger partial charge in [0.2, 0.25) is 0 Å². The number of nitrogens with one attached hydrogen (secondary N) is 1. The summed E-state index contributed by atoms with van der Waals surface area (Å²) < 4.78 is 1.86. The van der Waals surface area contributed by atoms with Crippen molar-refractivity contribution in [2.75, 3.05) is 20.6 Å². The molecule has 2 aromatic rings. The van der Waals surface area contributed by atoms with Crippen molar-refractivity contribution < 1.29 is 0 Å². The lowest BCUT2D eigenvalue weighted by Crippen LogP contribution is -2.31. The molecule has 2 aromatic heterocycles. The molecule has 8 heteroatoms. The van der Waals surface area contributed by atoms with E-state index in [1.54, 1.807) is 6.20 Å². The van der Waals surface area contributed by atoms with Gasteiger partial charge in [-0.2, -0.15) is 5.10 Å². The van der Waals surface area contributed by atoms with Gasteiger partial charge in [0.1, 0.15) is 0 Å². The lowest BCUT2D eigenvalue weighted by atomic mass is 10.2. The van der Waals surface area contributed by atoms with Gasteiger partial charge in [-0.05, 0) is 25.5 Å². The van der Waals surface area contributed by atoms with E-state index in [4.69, 9.17) is 29.0 Å². The molecule has 0 spiro atoms. The second kappa shape index (κ2) is 6.89. The molecule has 110 valence electrons. The third-order valence-electron chi connectivity index (χ3n) is 2.94. The van der Waals surface area contributed by atoms with E-state index in [1.165, 1.54) is 11.3 Å². The SMILES string of the molecule is CN(C)CCn1ncc(Cl)c1C(NN)c1sccc1Cl. The van der Waals surface area contributed by atoms with Gasteiger partial charge >= 0.3 is 0 Å². The number of nitrogens with two attached hydrogens (primary N) is 1. The minimum absolute atomic E-state index is 0.264. The van der Waals surface area contributed by atoms with E-state index in [-0.39, 0.29) is 6.04 Å². The molecule has 1 atom stereocenters. The summed E-state index contributed by atoms with van der Waals surface area (Å²) in [7, 11) is 4.03. The maximum atomic E-state index is 6.27. The molecular formula is C12H17Cl2N5S. The summed E-state index contributed by atoms with van der Waals surface area (Å²) in [6.45, 7) is 1.59. The highest BCUT2D eigenvalue weighted by molar-refractivity contribution is 7.10. The highest BCUT2D eigenvalue weighted by Crippen LogP contribution is 2.35. The molecule has 5 nitrogen and oxygen atoms in total. The van der Waals surface area contributed by atoms with Gasteiger partial charge in [-0.15, -0.1) is 11.3 Å². The van der Waals surface area contributed by atoms with E-state index in [0.717, 1.165) is 23.7 Å². The molecule has 0 fully saturated rings. The zero-order valence-electron chi connectivity index (χ0n) is 11.3. The second-order valence-electron chi connectivity index (χ2n) is 4.64. The summed E-state index contributed by atoms with van der Waals surface area (Å²) in [5.74, 6) is 5.71. The third kappa shape index (κ3) is 3.33. The van der Waals surface area contributed by atoms with Crippen LogP contribution in [0.5, 0.6) is 0 Å². The monoisotopic (exact) mass is 333 g/mol. The topological polar surface area (TPSA) is 59.1 Å². The van der Waals surface area contributed by atoms with E-state index in [9.17, 15) is 0 Å². The first-order chi connectivity index (χ1) is 9.54. The Hall–Kier alpha value is -0.630. The van der Waals surface area contributed by atoms with Crippen LogP contribution >= 0.6 is 34.5 Å². The van der Waals surface area contributed by atoms with Crippen LogP contribution in [0.25, 0.3) is 0 Å². The molecule has 0 amide bonds. The number of hydrogen-bond donors (Lipinski definition) is 2. The van der Waals surface area contributed by atoms with Gasteiger partial charge in [-0.1, -0.05) is 23.2 Å². The molecule has 0 radical (unpaired) electrons. The summed E-state index contributed by atoms with van der Waals surface area (Å²) in [6.07, 6.45) is 1.64. The minimum Gasteiger partial charge on any atom is -0.308 e. The van der Waals surface area contributed by atoms with Crippen LogP contribution in [-0.2, 0) is 6.54 Å². The Morgan fingerprint density at radius 3 is 2.75 bits per heavy atom. The summed E-state index contributed by atoms with van der Waals surface area (Å²) in [5.41, 5.74) is 3.62. The Morgan fingerprint density at radius 2 is 2.20 bits per heavy atom. The average Bonchev–Trinajstić information content (AvgIpc) is 2.97. The highest BCUT2D eigenvalue weighted by Gasteiger charge is 2.24. The molecule has 2 heterocycles. The second-order valence-corrected chi connectivity index (χ2v) is 6.40. The maximum absolute atomic E-state index is 6.27. The first-order valence-corrected chi connectivity index (χ1v) is 7.73. The van der Waals surface area contributed by atoms with Gasteiger partial charge in [0.25, 0.3) is 0 Å². The molecule has 0 aliphatic rings. The van der Waals surface area contributed by atoms with Crippen molar-refractivity contribution in [3.8, 4) is 0 Å². The summed E-state index contributed by atoms with van der Waals surface area (Å²) in [5, 5.41) is 7.50. The zero-order chi connectivity index (χ0) is 14.7. The number of thiophene rings is 1. The molecule has 0 aliphatic carbocycles. The maximum Gasteiger partial charge on any atom is 0.1000 e. The standard InChI is InChI=1S/C12H17Cl2N5S/c1-18(2)4-5-19-11(9(14)7-16-19)10(17-15)12-8(13)3-6-20-12/h3,6-7,10,17H,4-5,15H2,1-2H3. The Kier molecular flexibility index (Phi) is 5.42. The van der Waals surface area contributed by atoms with Gasteiger partial charge in [0, 0.05) is 11.4 Å². The summed E-state index contributed by atoms with van der Waals surface area (Å²) in [6, 6.07) is 1.58.